The Balaban J connectivity index is 1.36. The summed E-state index contributed by atoms with van der Waals surface area (Å²) in [5, 5.41) is 9.05. The van der Waals surface area contributed by atoms with Crippen molar-refractivity contribution in [2.24, 2.45) is 0 Å². The number of carbonyl (C=O) groups is 2. The molecule has 3 aromatic rings. The van der Waals surface area contributed by atoms with Gasteiger partial charge < -0.3 is 14.0 Å². The predicted molar refractivity (Wildman–Crippen MR) is 149 cm³/mol. The standard InChI is InChI=1S/C29H31FO7S2/c1-39(34,35)37-26-14-10-24(11-15-26)20-28(31)36-17-2-3-21-4-6-23(7-5-21)19-27(29(32)33)38-18-16-22-8-12-25(30)13-9-22/h4-15,27H,2-3,16-20H2,1H3,(H,32,33). The molecule has 39 heavy (non-hydrogen) atoms. The van der Waals surface area contributed by atoms with Gasteiger partial charge in [0.2, 0.25) is 0 Å². The molecule has 0 heterocycles. The van der Waals surface area contributed by atoms with Crippen LogP contribution in [0.2, 0.25) is 0 Å². The highest BCUT2D eigenvalue weighted by atomic mass is 32.2. The van der Waals surface area contributed by atoms with Crippen molar-refractivity contribution in [2.45, 2.75) is 37.4 Å². The summed E-state index contributed by atoms with van der Waals surface area (Å²) in [5.41, 5.74) is 3.65. The van der Waals surface area contributed by atoms with E-state index in [0.29, 0.717) is 37.0 Å². The highest BCUT2D eigenvalue weighted by molar-refractivity contribution is 8.00. The second kappa shape index (κ2) is 14.7. The first-order chi connectivity index (χ1) is 18.6. The van der Waals surface area contributed by atoms with Crippen LogP contribution in [0.1, 0.15) is 28.7 Å². The van der Waals surface area contributed by atoms with Gasteiger partial charge in [-0.2, -0.15) is 8.42 Å². The number of aliphatic carboxylic acids is 1. The lowest BCUT2D eigenvalue weighted by molar-refractivity contribution is -0.143. The normalized spacial score (nSPS) is 12.1. The summed E-state index contributed by atoms with van der Waals surface area (Å²) in [6, 6.07) is 20.2. The van der Waals surface area contributed by atoms with Crippen LogP contribution in [0.4, 0.5) is 4.39 Å². The second-order valence-corrected chi connectivity index (χ2v) is 11.9. The van der Waals surface area contributed by atoms with Gasteiger partial charge in [-0.15, -0.1) is 11.8 Å². The zero-order valence-corrected chi connectivity index (χ0v) is 23.2. The van der Waals surface area contributed by atoms with Crippen LogP contribution in [-0.4, -0.2) is 49.3 Å². The molecule has 0 saturated carbocycles. The van der Waals surface area contributed by atoms with Gasteiger partial charge in [0.15, 0.2) is 0 Å². The third-order valence-electron chi connectivity index (χ3n) is 5.73. The minimum atomic E-state index is -3.60. The lowest BCUT2D eigenvalue weighted by Gasteiger charge is -2.13. The molecule has 7 nitrogen and oxygen atoms in total. The first kappa shape index (κ1) is 30.2. The largest absolute Gasteiger partial charge is 0.480 e. The Labute approximate surface area is 232 Å². The van der Waals surface area contributed by atoms with Gasteiger partial charge in [0.05, 0.1) is 19.3 Å². The third kappa shape index (κ3) is 11.5. The number of esters is 1. The first-order valence-electron chi connectivity index (χ1n) is 12.4. The van der Waals surface area contributed by atoms with E-state index in [2.05, 4.69) is 0 Å². The van der Waals surface area contributed by atoms with E-state index >= 15 is 0 Å². The van der Waals surface area contributed by atoms with E-state index in [1.807, 2.05) is 24.3 Å². The molecule has 0 bridgehead atoms. The number of halogens is 1. The van der Waals surface area contributed by atoms with E-state index in [1.54, 1.807) is 24.3 Å². The van der Waals surface area contributed by atoms with E-state index in [4.69, 9.17) is 8.92 Å². The number of aryl methyl sites for hydroxylation is 2. The van der Waals surface area contributed by atoms with Crippen LogP contribution in [0, 0.1) is 5.82 Å². The molecular formula is C29H31FO7S2. The zero-order chi connectivity index (χ0) is 28.3. The lowest BCUT2D eigenvalue weighted by atomic mass is 10.0. The lowest BCUT2D eigenvalue weighted by Crippen LogP contribution is -2.20. The number of hydrogen-bond acceptors (Lipinski definition) is 7. The van der Waals surface area contributed by atoms with E-state index in [1.165, 1.54) is 36.0 Å². The SMILES string of the molecule is CS(=O)(=O)Oc1ccc(CC(=O)OCCCc2ccc(CC(SCCc3ccc(F)cc3)C(=O)O)cc2)cc1. The van der Waals surface area contributed by atoms with Crippen LogP contribution in [0.5, 0.6) is 5.75 Å². The van der Waals surface area contributed by atoms with Crippen LogP contribution in [0.25, 0.3) is 0 Å². The van der Waals surface area contributed by atoms with Gasteiger partial charge in [-0.05, 0) is 78.0 Å². The minimum absolute atomic E-state index is 0.0699. The van der Waals surface area contributed by atoms with E-state index in [-0.39, 0.29) is 30.6 Å². The average molecular weight is 575 g/mol. The van der Waals surface area contributed by atoms with Crippen molar-refractivity contribution in [3.05, 3.63) is 101 Å². The van der Waals surface area contributed by atoms with Crippen molar-refractivity contribution in [1.82, 2.24) is 0 Å². The summed E-state index contributed by atoms with van der Waals surface area (Å²) < 4.78 is 45.4. The number of carboxylic acid groups (broad SMARTS) is 1. The van der Waals surface area contributed by atoms with E-state index in [0.717, 1.165) is 22.9 Å². The number of carbonyl (C=O) groups excluding carboxylic acids is 1. The number of ether oxygens (including phenoxy) is 1. The third-order valence-corrected chi connectivity index (χ3v) is 7.44. The van der Waals surface area contributed by atoms with Crippen LogP contribution in [0.3, 0.4) is 0 Å². The van der Waals surface area contributed by atoms with Crippen molar-refractivity contribution < 1.29 is 36.4 Å². The highest BCUT2D eigenvalue weighted by Crippen LogP contribution is 2.20. The number of thioether (sulfide) groups is 1. The molecule has 0 aliphatic rings. The molecule has 3 rings (SSSR count). The Bertz CT molecular complexity index is 1320. The Hall–Kier alpha value is -3.37. The van der Waals surface area contributed by atoms with Crippen molar-refractivity contribution in [2.75, 3.05) is 18.6 Å². The Morgan fingerprint density at radius 3 is 2.05 bits per heavy atom. The topological polar surface area (TPSA) is 107 Å². The van der Waals surface area contributed by atoms with Gasteiger partial charge in [-0.3, -0.25) is 9.59 Å². The number of carboxylic acids is 1. The fourth-order valence-corrected chi connectivity index (χ4v) is 5.31. The molecule has 0 radical (unpaired) electrons. The summed E-state index contributed by atoms with van der Waals surface area (Å²) in [6.45, 7) is 0.266. The number of hydrogen-bond donors (Lipinski definition) is 1. The maximum atomic E-state index is 13.0. The summed E-state index contributed by atoms with van der Waals surface area (Å²) >= 11 is 1.38. The molecule has 10 heteroatoms. The van der Waals surface area contributed by atoms with Crippen molar-refractivity contribution in [3.63, 3.8) is 0 Å². The molecule has 0 aromatic heterocycles. The van der Waals surface area contributed by atoms with Crippen molar-refractivity contribution in [1.29, 1.82) is 0 Å². The molecule has 1 unspecified atom stereocenters. The van der Waals surface area contributed by atoms with Gasteiger partial charge in [-0.25, -0.2) is 4.39 Å². The molecule has 0 aliphatic heterocycles. The monoisotopic (exact) mass is 574 g/mol. The van der Waals surface area contributed by atoms with Crippen LogP contribution < -0.4 is 4.18 Å². The molecule has 0 saturated heterocycles. The number of benzene rings is 3. The molecular weight excluding hydrogens is 543 g/mol. The smallest absolute Gasteiger partial charge is 0.316 e. The quantitative estimate of drug-likeness (QED) is 0.156. The van der Waals surface area contributed by atoms with Gasteiger partial charge >= 0.3 is 22.1 Å². The molecule has 0 fully saturated rings. The van der Waals surface area contributed by atoms with Gasteiger partial charge in [-0.1, -0.05) is 48.5 Å². The van der Waals surface area contributed by atoms with Crippen LogP contribution in [0.15, 0.2) is 72.8 Å². The molecule has 1 N–H and O–H groups in total. The Kier molecular flexibility index (Phi) is 11.4. The van der Waals surface area contributed by atoms with Crippen molar-refractivity contribution >= 4 is 33.8 Å². The average Bonchev–Trinajstić information content (AvgIpc) is 2.88. The minimum Gasteiger partial charge on any atom is -0.480 e. The molecule has 1 atom stereocenters. The molecule has 208 valence electrons. The molecule has 0 aliphatic carbocycles. The van der Waals surface area contributed by atoms with Crippen molar-refractivity contribution in [3.8, 4) is 5.75 Å². The van der Waals surface area contributed by atoms with Crippen LogP contribution >= 0.6 is 11.8 Å². The van der Waals surface area contributed by atoms with Gasteiger partial charge in [0.25, 0.3) is 0 Å². The first-order valence-corrected chi connectivity index (χ1v) is 15.2. The second-order valence-electron chi connectivity index (χ2n) is 9.03. The predicted octanol–water partition coefficient (Wildman–Crippen LogP) is 4.85. The summed E-state index contributed by atoms with van der Waals surface area (Å²) in [5.74, 6) is -0.715. The fourth-order valence-electron chi connectivity index (χ4n) is 3.76. The summed E-state index contributed by atoms with van der Waals surface area (Å²) in [6.07, 6.45) is 3.46. The summed E-state index contributed by atoms with van der Waals surface area (Å²) in [7, 11) is -3.60. The molecule has 0 amide bonds. The maximum absolute atomic E-state index is 13.0. The molecule has 0 spiro atoms. The fraction of sp³-hybridized carbons (Fsp3) is 0.310. The number of rotatable bonds is 15. The van der Waals surface area contributed by atoms with Gasteiger partial charge in [0.1, 0.15) is 16.8 Å². The van der Waals surface area contributed by atoms with E-state index in [9.17, 15) is 27.5 Å². The van der Waals surface area contributed by atoms with Gasteiger partial charge in [0, 0.05) is 0 Å². The summed E-state index contributed by atoms with van der Waals surface area (Å²) in [4.78, 5) is 23.8. The Morgan fingerprint density at radius 2 is 1.44 bits per heavy atom. The molecule has 3 aromatic carbocycles. The zero-order valence-electron chi connectivity index (χ0n) is 21.5. The van der Waals surface area contributed by atoms with Crippen LogP contribution in [-0.2, 0) is 50.1 Å². The van der Waals surface area contributed by atoms with E-state index < -0.39 is 21.3 Å². The maximum Gasteiger partial charge on any atom is 0.316 e. The highest BCUT2D eigenvalue weighted by Gasteiger charge is 2.18. The Morgan fingerprint density at radius 1 is 0.872 bits per heavy atom.